The van der Waals surface area contributed by atoms with Crippen LogP contribution >= 0.6 is 0 Å². The molecule has 0 radical (unpaired) electrons. The van der Waals surface area contributed by atoms with Gasteiger partial charge in [0, 0.05) is 30.1 Å². The van der Waals surface area contributed by atoms with Gasteiger partial charge >= 0.3 is 5.69 Å². The van der Waals surface area contributed by atoms with Crippen molar-refractivity contribution in [2.45, 2.75) is 106 Å². The van der Waals surface area contributed by atoms with Gasteiger partial charge in [0.15, 0.2) is 0 Å². The number of aromatic nitrogens is 5. The van der Waals surface area contributed by atoms with Crippen LogP contribution < -0.4 is 34.0 Å². The third kappa shape index (κ3) is 11.7. The second kappa shape index (κ2) is 17.0. The standard InChI is InChI=1S/C39H56N8O4/c1-38(2,3)28(13-7-26-12-18-33(48)46-35(26)42)15-9-27-11-17-31(44-36(27)49)24-51-23-30-16-10-25(34(41)43-30)8-14-29(39(4,5)6)19-21-47-22-20-32(40)45-37(47)50/h10-12,16-18,20,22,28-29H,7-9,13-15,19,21,23-24H2,1-6H3,(H2,41,43)(H,44,49)(H2,40,45,50)(H3,42,46,48). The van der Waals surface area contributed by atoms with Gasteiger partial charge in [-0.15, -0.1) is 0 Å². The Balaban J connectivity index is 1.26. The van der Waals surface area contributed by atoms with E-state index in [0.29, 0.717) is 42.1 Å². The summed E-state index contributed by atoms with van der Waals surface area (Å²) in [5.74, 6) is 1.82. The predicted molar refractivity (Wildman–Crippen MR) is 204 cm³/mol. The fraction of sp³-hybridized carbons (Fsp3) is 0.513. The van der Waals surface area contributed by atoms with Crippen molar-refractivity contribution in [1.82, 2.24) is 24.5 Å². The summed E-state index contributed by atoms with van der Waals surface area (Å²) in [5.41, 5.74) is 21.5. The minimum Gasteiger partial charge on any atom is -0.385 e. The van der Waals surface area contributed by atoms with E-state index in [-0.39, 0.29) is 46.7 Å². The van der Waals surface area contributed by atoms with Crippen LogP contribution in [0, 0.1) is 22.7 Å². The Kier molecular flexibility index (Phi) is 13.0. The minimum absolute atomic E-state index is 0.0389. The summed E-state index contributed by atoms with van der Waals surface area (Å²) in [6, 6.07) is 12.7. The molecule has 0 aromatic carbocycles. The molecule has 0 bridgehead atoms. The van der Waals surface area contributed by atoms with E-state index >= 15 is 0 Å². The van der Waals surface area contributed by atoms with E-state index in [1.165, 1.54) is 6.07 Å². The molecule has 276 valence electrons. The van der Waals surface area contributed by atoms with Gasteiger partial charge in [-0.3, -0.25) is 14.2 Å². The van der Waals surface area contributed by atoms with Gasteiger partial charge in [-0.2, -0.15) is 4.98 Å². The average Bonchev–Trinajstić information content (AvgIpc) is 3.03. The van der Waals surface area contributed by atoms with E-state index in [2.05, 4.69) is 61.5 Å². The van der Waals surface area contributed by atoms with Crippen LogP contribution in [-0.4, -0.2) is 24.5 Å². The summed E-state index contributed by atoms with van der Waals surface area (Å²) in [5, 5.41) is 0. The van der Waals surface area contributed by atoms with Crippen LogP contribution in [0.4, 0.5) is 17.5 Å². The van der Waals surface area contributed by atoms with Crippen molar-refractivity contribution in [1.29, 1.82) is 0 Å². The predicted octanol–water partition coefficient (Wildman–Crippen LogP) is 5.39. The van der Waals surface area contributed by atoms with E-state index in [1.807, 2.05) is 24.3 Å². The number of pyridine rings is 3. The van der Waals surface area contributed by atoms with Gasteiger partial charge in [0.2, 0.25) is 5.56 Å². The quantitative estimate of drug-likeness (QED) is 0.102. The molecule has 0 saturated heterocycles. The number of nitrogens with zero attached hydrogens (tertiary/aromatic N) is 3. The van der Waals surface area contributed by atoms with Gasteiger partial charge < -0.3 is 31.9 Å². The molecule has 0 aliphatic carbocycles. The van der Waals surface area contributed by atoms with Crippen molar-refractivity contribution in [3.63, 3.8) is 0 Å². The smallest absolute Gasteiger partial charge is 0.349 e. The second-order valence-electron chi connectivity index (χ2n) is 15.8. The van der Waals surface area contributed by atoms with Crippen LogP contribution in [0.15, 0.2) is 63.0 Å². The zero-order valence-corrected chi connectivity index (χ0v) is 31.1. The third-order valence-corrected chi connectivity index (χ3v) is 10.0. The lowest BCUT2D eigenvalue weighted by molar-refractivity contribution is 0.102. The molecule has 51 heavy (non-hydrogen) atoms. The van der Waals surface area contributed by atoms with Crippen LogP contribution in [0.3, 0.4) is 0 Å². The van der Waals surface area contributed by atoms with Crippen molar-refractivity contribution in [3.8, 4) is 0 Å². The molecule has 0 spiro atoms. The first-order chi connectivity index (χ1) is 24.0. The van der Waals surface area contributed by atoms with Gasteiger partial charge in [-0.25, -0.2) is 9.78 Å². The summed E-state index contributed by atoms with van der Waals surface area (Å²) in [4.78, 5) is 50.8. The van der Waals surface area contributed by atoms with Crippen LogP contribution in [-0.2, 0) is 43.8 Å². The molecule has 4 rings (SSSR count). The number of H-pyrrole nitrogens is 2. The van der Waals surface area contributed by atoms with Crippen molar-refractivity contribution < 1.29 is 4.74 Å². The van der Waals surface area contributed by atoms with E-state index in [1.54, 1.807) is 22.9 Å². The van der Waals surface area contributed by atoms with Gasteiger partial charge in [-0.05, 0) is 103 Å². The van der Waals surface area contributed by atoms with Crippen LogP contribution in [0.1, 0.15) is 95.3 Å². The molecular formula is C39H56N8O4. The molecule has 0 amide bonds. The molecule has 12 nitrogen and oxygen atoms in total. The van der Waals surface area contributed by atoms with E-state index in [4.69, 9.17) is 21.9 Å². The monoisotopic (exact) mass is 700 g/mol. The van der Waals surface area contributed by atoms with Crippen LogP contribution in [0.25, 0.3) is 0 Å². The molecule has 2 atom stereocenters. The lowest BCUT2D eigenvalue weighted by atomic mass is 9.74. The van der Waals surface area contributed by atoms with Crippen molar-refractivity contribution in [2.24, 2.45) is 22.7 Å². The summed E-state index contributed by atoms with van der Waals surface area (Å²) >= 11 is 0. The first kappa shape index (κ1) is 39.1. The number of aryl methyl sites for hydroxylation is 4. The van der Waals surface area contributed by atoms with E-state index in [9.17, 15) is 14.4 Å². The molecular weight excluding hydrogens is 644 g/mol. The number of hydrogen-bond acceptors (Lipinski definition) is 9. The molecule has 0 aliphatic rings. The largest absolute Gasteiger partial charge is 0.385 e. The van der Waals surface area contributed by atoms with Gasteiger partial charge in [0.1, 0.15) is 17.5 Å². The zero-order chi connectivity index (χ0) is 37.3. The maximum atomic E-state index is 13.0. The Hall–Kier alpha value is -4.71. The van der Waals surface area contributed by atoms with Gasteiger partial charge in [0.05, 0.1) is 18.9 Å². The Bertz CT molecular complexity index is 1930. The minimum atomic E-state index is -0.332. The molecule has 2 unspecified atom stereocenters. The molecule has 4 aromatic heterocycles. The highest BCUT2D eigenvalue weighted by Gasteiger charge is 2.26. The fourth-order valence-electron chi connectivity index (χ4n) is 6.58. The highest BCUT2D eigenvalue weighted by molar-refractivity contribution is 5.40. The Morgan fingerprint density at radius 1 is 0.706 bits per heavy atom. The second-order valence-corrected chi connectivity index (χ2v) is 15.8. The number of rotatable bonds is 16. The summed E-state index contributed by atoms with van der Waals surface area (Å²) < 4.78 is 7.50. The molecule has 4 aromatic rings. The van der Waals surface area contributed by atoms with Crippen molar-refractivity contribution in [3.05, 3.63) is 108 Å². The Morgan fingerprint density at radius 2 is 1.31 bits per heavy atom. The lowest BCUT2D eigenvalue weighted by Crippen LogP contribution is -2.27. The van der Waals surface area contributed by atoms with E-state index < -0.39 is 0 Å². The topological polar surface area (TPSA) is 201 Å². The number of aromatic amines is 2. The van der Waals surface area contributed by atoms with Gasteiger partial charge in [-0.1, -0.05) is 53.7 Å². The number of hydrogen-bond donors (Lipinski definition) is 5. The first-order valence-electron chi connectivity index (χ1n) is 17.8. The summed E-state index contributed by atoms with van der Waals surface area (Å²) in [6.45, 7) is 14.4. The number of ether oxygens (including phenoxy) is 1. The number of nitrogens with one attached hydrogen (secondary N) is 2. The highest BCUT2D eigenvalue weighted by atomic mass is 16.5. The summed E-state index contributed by atoms with van der Waals surface area (Å²) in [7, 11) is 0. The zero-order valence-electron chi connectivity index (χ0n) is 31.1. The molecule has 0 fully saturated rings. The normalized spacial score (nSPS) is 13.3. The fourth-order valence-corrected chi connectivity index (χ4v) is 6.58. The summed E-state index contributed by atoms with van der Waals surface area (Å²) in [6.07, 6.45) is 7.35. The molecule has 4 heterocycles. The third-order valence-electron chi connectivity index (χ3n) is 10.0. The Labute approximate surface area is 300 Å². The SMILES string of the molecule is CC(C)(C)C(CCc1ccc(=O)[nH]c1N)CCc1ccc(COCc2ccc(CCC(CCn3ccc(N)nc3=O)C(C)(C)C)c(N)n2)[nH]c1=O. The van der Waals surface area contributed by atoms with Crippen molar-refractivity contribution in [2.75, 3.05) is 17.2 Å². The molecule has 8 N–H and O–H groups in total. The van der Waals surface area contributed by atoms with E-state index in [0.717, 1.165) is 60.9 Å². The molecule has 12 heteroatoms. The molecule has 0 aliphatic heterocycles. The maximum absolute atomic E-state index is 13.0. The van der Waals surface area contributed by atoms with Crippen molar-refractivity contribution >= 4 is 17.5 Å². The van der Waals surface area contributed by atoms with Gasteiger partial charge in [0.25, 0.3) is 5.56 Å². The highest BCUT2D eigenvalue weighted by Crippen LogP contribution is 2.35. The van der Waals surface area contributed by atoms with Crippen LogP contribution in [0.2, 0.25) is 0 Å². The lowest BCUT2D eigenvalue weighted by Gasteiger charge is -2.31. The molecule has 0 saturated carbocycles. The average molecular weight is 701 g/mol. The number of nitrogen functional groups attached to an aromatic ring is 3. The number of anilines is 3. The number of nitrogens with two attached hydrogens (primary N) is 3. The van der Waals surface area contributed by atoms with Crippen LogP contribution in [0.5, 0.6) is 0 Å². The maximum Gasteiger partial charge on any atom is 0.349 e. The first-order valence-corrected chi connectivity index (χ1v) is 17.8. The Morgan fingerprint density at radius 3 is 1.92 bits per heavy atom.